The first-order valence-electron chi connectivity index (χ1n) is 2.70. The molecule has 86 valence electrons. The van der Waals surface area contributed by atoms with Gasteiger partial charge in [0.15, 0.2) is 0 Å². The summed E-state index contributed by atoms with van der Waals surface area (Å²) < 4.78 is 64.1. The molecule has 1 unspecified atom stereocenters. The van der Waals surface area contributed by atoms with Gasteiger partial charge in [-0.3, -0.25) is 0 Å². The Kier molecular flexibility index (Phi) is 4.57. The molecule has 0 heterocycles. The van der Waals surface area contributed by atoms with Gasteiger partial charge in [0.25, 0.3) is 0 Å². The van der Waals surface area contributed by atoms with Gasteiger partial charge in [0.05, 0.1) is 0 Å². The van der Waals surface area contributed by atoms with Crippen molar-refractivity contribution in [2.75, 3.05) is 0 Å². The van der Waals surface area contributed by atoms with Crippen LogP contribution in [0.3, 0.4) is 0 Å². The second-order valence-electron chi connectivity index (χ2n) is 1.97. The van der Waals surface area contributed by atoms with Crippen molar-refractivity contribution in [3.05, 3.63) is 0 Å². The molecule has 0 amide bonds. The van der Waals surface area contributed by atoms with Gasteiger partial charge in [0, 0.05) is 0 Å². The van der Waals surface area contributed by atoms with Gasteiger partial charge in [-0.25, -0.2) is 0 Å². The summed E-state index contributed by atoms with van der Waals surface area (Å²) in [7, 11) is 0. The zero-order valence-electron chi connectivity index (χ0n) is 5.89. The van der Waals surface area contributed by atoms with Gasteiger partial charge in [-0.05, 0) is 11.6 Å². The van der Waals surface area contributed by atoms with E-state index in [4.69, 9.17) is 23.2 Å². The van der Waals surface area contributed by atoms with Crippen LogP contribution in [-0.2, 0) is 4.74 Å². The standard InChI is InChI=1S/C4HCl4F5O/c5-1(6)14-2(7,3(8,9)10)4(11,12)13/h1H. The third kappa shape index (κ3) is 3.13. The highest BCUT2D eigenvalue weighted by molar-refractivity contribution is 6.43. The number of hydrogen-bond acceptors (Lipinski definition) is 1. The molecule has 0 spiro atoms. The molecular formula is C4HCl4F5O. The third-order valence-electron chi connectivity index (χ3n) is 0.981. The highest BCUT2D eigenvalue weighted by atomic mass is 35.5. The number of rotatable bonds is 3. The summed E-state index contributed by atoms with van der Waals surface area (Å²) >= 11 is 18.1. The van der Waals surface area contributed by atoms with Gasteiger partial charge in [0.1, 0.15) is 0 Å². The molecule has 0 aliphatic heterocycles. The molecule has 0 rings (SSSR count). The maximum atomic E-state index is 12.3. The van der Waals surface area contributed by atoms with Crippen molar-refractivity contribution in [1.82, 2.24) is 0 Å². The molecule has 0 saturated heterocycles. The number of ether oxygens (including phenoxy) is 1. The van der Waals surface area contributed by atoms with Gasteiger partial charge in [0.2, 0.25) is 5.02 Å². The average molecular weight is 302 g/mol. The smallest absolute Gasteiger partial charge is 0.312 e. The van der Waals surface area contributed by atoms with Crippen LogP contribution in [0.15, 0.2) is 0 Å². The lowest BCUT2D eigenvalue weighted by atomic mass is 10.3. The highest BCUT2D eigenvalue weighted by Crippen LogP contribution is 2.51. The Hall–Kier alpha value is 0.770. The number of halogens is 9. The Labute approximate surface area is 95.0 Å². The zero-order chi connectivity index (χ0) is 11.8. The molecule has 0 saturated carbocycles. The maximum absolute atomic E-state index is 12.3. The van der Waals surface area contributed by atoms with E-state index in [1.54, 1.807) is 0 Å². The summed E-state index contributed by atoms with van der Waals surface area (Å²) in [6.07, 6.45) is -5.64. The second kappa shape index (κ2) is 4.33. The minimum Gasteiger partial charge on any atom is -0.312 e. The third-order valence-corrected chi connectivity index (χ3v) is 2.06. The van der Waals surface area contributed by atoms with Crippen LogP contribution in [-0.4, -0.2) is 21.6 Å². The molecule has 0 bridgehead atoms. The van der Waals surface area contributed by atoms with Crippen LogP contribution in [0.1, 0.15) is 0 Å². The highest BCUT2D eigenvalue weighted by Gasteiger charge is 2.71. The van der Waals surface area contributed by atoms with E-state index in [1.165, 1.54) is 0 Å². The van der Waals surface area contributed by atoms with Gasteiger partial charge in [-0.2, -0.15) is 22.0 Å². The summed E-state index contributed by atoms with van der Waals surface area (Å²) in [4.78, 5) is 0. The Balaban J connectivity index is 5.07. The molecule has 0 aromatic rings. The molecule has 0 aliphatic rings. The van der Waals surface area contributed by atoms with Crippen LogP contribution in [0.4, 0.5) is 22.0 Å². The van der Waals surface area contributed by atoms with Gasteiger partial charge >= 0.3 is 16.6 Å². The van der Waals surface area contributed by atoms with Gasteiger partial charge < -0.3 is 4.74 Å². The van der Waals surface area contributed by atoms with E-state index in [1.807, 2.05) is 0 Å². The second-order valence-corrected chi connectivity index (χ2v) is 3.99. The monoisotopic (exact) mass is 300 g/mol. The molecule has 14 heavy (non-hydrogen) atoms. The molecule has 0 radical (unpaired) electrons. The molecule has 0 aromatic heterocycles. The normalized spacial score (nSPS) is 18.4. The van der Waals surface area contributed by atoms with Crippen LogP contribution in [0.25, 0.3) is 0 Å². The summed E-state index contributed by atoms with van der Waals surface area (Å²) in [6, 6.07) is 0. The fourth-order valence-corrected chi connectivity index (χ4v) is 1.02. The van der Waals surface area contributed by atoms with Crippen molar-refractivity contribution in [3.63, 3.8) is 0 Å². The minimum atomic E-state index is -5.64. The first-order valence-corrected chi connectivity index (χ1v) is 4.33. The van der Waals surface area contributed by atoms with Crippen LogP contribution >= 0.6 is 46.4 Å². The fraction of sp³-hybridized carbons (Fsp3) is 1.00. The van der Waals surface area contributed by atoms with Crippen molar-refractivity contribution in [3.8, 4) is 0 Å². The van der Waals surface area contributed by atoms with E-state index in [-0.39, 0.29) is 0 Å². The lowest BCUT2D eigenvalue weighted by Gasteiger charge is -2.32. The number of alkyl halides is 9. The van der Waals surface area contributed by atoms with E-state index in [9.17, 15) is 22.0 Å². The predicted octanol–water partition coefficient (Wildman–Crippen LogP) is 4.09. The summed E-state index contributed by atoms with van der Waals surface area (Å²) in [5, 5.41) is -11.6. The Morgan fingerprint density at radius 3 is 1.36 bits per heavy atom. The SMILES string of the molecule is FC(F)(F)C(Cl)(OC(Cl)Cl)C(F)(F)Cl. The largest absolute Gasteiger partial charge is 0.439 e. The topological polar surface area (TPSA) is 9.23 Å². The summed E-state index contributed by atoms with van der Waals surface area (Å²) in [5.74, 6) is 0. The quantitative estimate of drug-likeness (QED) is 0.563. The lowest BCUT2D eigenvalue weighted by molar-refractivity contribution is -0.285. The van der Waals surface area contributed by atoms with E-state index in [0.717, 1.165) is 0 Å². The van der Waals surface area contributed by atoms with E-state index in [2.05, 4.69) is 27.9 Å². The van der Waals surface area contributed by atoms with Crippen molar-refractivity contribution in [2.24, 2.45) is 0 Å². The molecule has 1 nitrogen and oxygen atoms in total. The Morgan fingerprint density at radius 2 is 1.29 bits per heavy atom. The molecule has 0 aliphatic carbocycles. The van der Waals surface area contributed by atoms with Gasteiger partial charge in [-0.15, -0.1) is 0 Å². The van der Waals surface area contributed by atoms with Crippen LogP contribution in [0, 0.1) is 0 Å². The Bertz CT molecular complexity index is 185. The molecule has 0 fully saturated rings. The molecular weight excluding hydrogens is 301 g/mol. The fourth-order valence-electron chi connectivity index (χ4n) is 0.417. The first kappa shape index (κ1) is 14.8. The maximum Gasteiger partial charge on any atom is 0.439 e. The van der Waals surface area contributed by atoms with Crippen LogP contribution in [0.2, 0.25) is 0 Å². The van der Waals surface area contributed by atoms with Crippen molar-refractivity contribution in [2.45, 2.75) is 21.6 Å². The van der Waals surface area contributed by atoms with E-state index in [0.29, 0.717) is 0 Å². The Morgan fingerprint density at radius 1 is 0.929 bits per heavy atom. The molecule has 0 aromatic carbocycles. The van der Waals surface area contributed by atoms with Crippen LogP contribution < -0.4 is 0 Å². The molecule has 1 atom stereocenters. The van der Waals surface area contributed by atoms with Gasteiger partial charge in [-0.1, -0.05) is 34.8 Å². The number of hydrogen-bond donors (Lipinski definition) is 0. The zero-order valence-corrected chi connectivity index (χ0v) is 8.91. The first-order chi connectivity index (χ1) is 5.92. The van der Waals surface area contributed by atoms with Crippen molar-refractivity contribution in [1.29, 1.82) is 0 Å². The summed E-state index contributed by atoms with van der Waals surface area (Å²) in [6.45, 7) is 0. The van der Waals surface area contributed by atoms with E-state index < -0.39 is 21.6 Å². The van der Waals surface area contributed by atoms with E-state index >= 15 is 0 Å². The lowest BCUT2D eigenvalue weighted by Crippen LogP contribution is -2.54. The van der Waals surface area contributed by atoms with Crippen molar-refractivity contribution >= 4 is 46.4 Å². The average Bonchev–Trinajstić information content (AvgIpc) is 1.79. The minimum absolute atomic E-state index is 2.20. The predicted molar refractivity (Wildman–Crippen MR) is 42.0 cm³/mol. The molecule has 0 N–H and O–H groups in total. The summed E-state index contributed by atoms with van der Waals surface area (Å²) in [5.41, 5.74) is 0. The van der Waals surface area contributed by atoms with Crippen LogP contribution in [0.5, 0.6) is 0 Å². The molecule has 10 heteroatoms. The van der Waals surface area contributed by atoms with Crippen molar-refractivity contribution < 1.29 is 26.7 Å².